The fourth-order valence-electron chi connectivity index (χ4n) is 2.25. The summed E-state index contributed by atoms with van der Waals surface area (Å²) in [5.41, 5.74) is -0.245. The Labute approximate surface area is 127 Å². The number of nitrogens with zero attached hydrogens (tertiary/aromatic N) is 2. The van der Waals surface area contributed by atoms with Gasteiger partial charge in [0.2, 0.25) is 0 Å². The van der Waals surface area contributed by atoms with Gasteiger partial charge in [-0.15, -0.1) is 0 Å². The van der Waals surface area contributed by atoms with Gasteiger partial charge in [0.1, 0.15) is 5.82 Å². The van der Waals surface area contributed by atoms with Crippen LogP contribution in [0.2, 0.25) is 0 Å². The molecule has 1 aromatic heterocycles. The minimum Gasteiger partial charge on any atom is -0.338 e. The number of aromatic amines is 1. The van der Waals surface area contributed by atoms with Crippen molar-refractivity contribution in [3.05, 3.63) is 57.6 Å². The Bertz CT molecular complexity index is 899. The third-order valence-electron chi connectivity index (χ3n) is 3.42. The van der Waals surface area contributed by atoms with Crippen molar-refractivity contribution in [3.8, 4) is 11.4 Å². The van der Waals surface area contributed by atoms with Gasteiger partial charge in [-0.2, -0.15) is 13.2 Å². The van der Waals surface area contributed by atoms with E-state index in [9.17, 15) is 23.3 Å². The molecular weight excluding hydrogens is 311 g/mol. The van der Waals surface area contributed by atoms with Gasteiger partial charge >= 0.3 is 6.18 Å². The van der Waals surface area contributed by atoms with E-state index < -0.39 is 22.4 Å². The number of aryl methyl sites for hydroxylation is 1. The molecule has 8 heteroatoms. The van der Waals surface area contributed by atoms with Gasteiger partial charge in [-0.05, 0) is 13.0 Å². The van der Waals surface area contributed by atoms with Crippen molar-refractivity contribution < 1.29 is 18.1 Å². The van der Waals surface area contributed by atoms with E-state index in [0.717, 1.165) is 11.6 Å². The lowest BCUT2D eigenvalue weighted by molar-refractivity contribution is -0.383. The maximum absolute atomic E-state index is 12.9. The molecule has 3 aromatic rings. The van der Waals surface area contributed by atoms with Crippen molar-refractivity contribution >= 4 is 16.7 Å². The summed E-state index contributed by atoms with van der Waals surface area (Å²) in [4.78, 5) is 17.0. The van der Waals surface area contributed by atoms with Crippen molar-refractivity contribution in [2.45, 2.75) is 13.1 Å². The van der Waals surface area contributed by atoms with Gasteiger partial charge in [-0.1, -0.05) is 29.8 Å². The lowest BCUT2D eigenvalue weighted by Crippen LogP contribution is -2.05. The number of rotatable bonds is 2. The predicted molar refractivity (Wildman–Crippen MR) is 77.9 cm³/mol. The number of aromatic nitrogens is 2. The Hall–Kier alpha value is -2.90. The highest BCUT2D eigenvalue weighted by Crippen LogP contribution is 2.36. The number of hydrogen-bond donors (Lipinski definition) is 1. The van der Waals surface area contributed by atoms with E-state index in [4.69, 9.17) is 0 Å². The molecule has 0 fully saturated rings. The molecule has 2 aromatic carbocycles. The van der Waals surface area contributed by atoms with Crippen LogP contribution in [-0.2, 0) is 6.18 Å². The number of hydrogen-bond acceptors (Lipinski definition) is 3. The van der Waals surface area contributed by atoms with Crippen LogP contribution < -0.4 is 0 Å². The van der Waals surface area contributed by atoms with Gasteiger partial charge in [0.15, 0.2) is 5.52 Å². The molecule has 0 aliphatic rings. The zero-order chi connectivity index (χ0) is 16.8. The van der Waals surface area contributed by atoms with Crippen LogP contribution in [-0.4, -0.2) is 14.9 Å². The molecule has 3 rings (SSSR count). The van der Waals surface area contributed by atoms with Crippen molar-refractivity contribution in [2.75, 3.05) is 0 Å². The van der Waals surface area contributed by atoms with Crippen LogP contribution in [0.1, 0.15) is 11.1 Å². The van der Waals surface area contributed by atoms with E-state index in [1.807, 2.05) is 19.1 Å². The van der Waals surface area contributed by atoms with E-state index in [1.165, 1.54) is 0 Å². The number of non-ortho nitro benzene ring substituents is 1. The number of alkyl halides is 3. The lowest BCUT2D eigenvalue weighted by Gasteiger charge is -2.05. The molecule has 0 spiro atoms. The standard InChI is InChI=1S/C15H10F3N3O2/c1-8-2-4-9(5-3-8)14-19-11-6-10(15(16,17)18)7-12(21(22)23)13(11)20-14/h2-7H,1H3,(H,19,20). The Morgan fingerprint density at radius 2 is 1.83 bits per heavy atom. The molecule has 0 bridgehead atoms. The smallest absolute Gasteiger partial charge is 0.338 e. The summed E-state index contributed by atoms with van der Waals surface area (Å²) >= 11 is 0. The van der Waals surface area contributed by atoms with Gasteiger partial charge in [-0.25, -0.2) is 4.98 Å². The largest absolute Gasteiger partial charge is 0.416 e. The third kappa shape index (κ3) is 2.75. The summed E-state index contributed by atoms with van der Waals surface area (Å²) in [6.07, 6.45) is -4.67. The molecule has 0 aliphatic heterocycles. The molecule has 0 saturated carbocycles. The number of nitro groups is 1. The average molecular weight is 321 g/mol. The fraction of sp³-hybridized carbons (Fsp3) is 0.133. The molecule has 1 heterocycles. The van der Waals surface area contributed by atoms with Gasteiger partial charge < -0.3 is 4.98 Å². The number of halogens is 3. The summed E-state index contributed by atoms with van der Waals surface area (Å²) in [5.74, 6) is 0.280. The first kappa shape index (κ1) is 15.0. The highest BCUT2D eigenvalue weighted by atomic mass is 19.4. The normalized spacial score (nSPS) is 11.8. The molecule has 0 atom stereocenters. The summed E-state index contributed by atoms with van der Waals surface area (Å²) in [6, 6.07) is 8.44. The van der Waals surface area contributed by atoms with Crippen molar-refractivity contribution in [3.63, 3.8) is 0 Å². The molecule has 1 N–H and O–H groups in total. The second kappa shape index (κ2) is 5.08. The van der Waals surface area contributed by atoms with E-state index in [1.54, 1.807) is 12.1 Å². The molecule has 0 saturated heterocycles. The van der Waals surface area contributed by atoms with E-state index in [-0.39, 0.29) is 16.9 Å². The van der Waals surface area contributed by atoms with Crippen LogP contribution in [0.3, 0.4) is 0 Å². The quantitative estimate of drug-likeness (QED) is 0.559. The second-order valence-electron chi connectivity index (χ2n) is 5.10. The Morgan fingerprint density at radius 1 is 1.17 bits per heavy atom. The van der Waals surface area contributed by atoms with Gasteiger partial charge in [0, 0.05) is 11.6 Å². The van der Waals surface area contributed by atoms with E-state index in [0.29, 0.717) is 11.6 Å². The van der Waals surface area contributed by atoms with Crippen LogP contribution in [0.15, 0.2) is 36.4 Å². The van der Waals surface area contributed by atoms with Gasteiger partial charge in [0.05, 0.1) is 16.0 Å². The maximum atomic E-state index is 12.9. The molecule has 0 unspecified atom stereocenters. The van der Waals surface area contributed by atoms with E-state index >= 15 is 0 Å². The predicted octanol–water partition coefficient (Wildman–Crippen LogP) is 4.47. The minimum absolute atomic E-state index is 0.0258. The lowest BCUT2D eigenvalue weighted by atomic mass is 10.1. The molecule has 0 radical (unpaired) electrons. The first-order chi connectivity index (χ1) is 10.8. The average Bonchev–Trinajstić information content (AvgIpc) is 2.89. The maximum Gasteiger partial charge on any atom is 0.416 e. The zero-order valence-corrected chi connectivity index (χ0v) is 11.8. The first-order valence-corrected chi connectivity index (χ1v) is 6.58. The number of nitro benzene ring substituents is 1. The summed E-state index contributed by atoms with van der Waals surface area (Å²) < 4.78 is 38.6. The Kier molecular flexibility index (Phi) is 3.32. The summed E-state index contributed by atoms with van der Waals surface area (Å²) in [5, 5.41) is 11.1. The SMILES string of the molecule is Cc1ccc(-c2nc3c([N+](=O)[O-])cc(C(F)(F)F)cc3[nH]2)cc1. The van der Waals surface area contributed by atoms with Crippen LogP contribution in [0.5, 0.6) is 0 Å². The van der Waals surface area contributed by atoms with Crippen molar-refractivity contribution in [1.29, 1.82) is 0 Å². The summed E-state index contributed by atoms with van der Waals surface area (Å²) in [7, 11) is 0. The topological polar surface area (TPSA) is 71.8 Å². The molecular formula is C15H10F3N3O2. The van der Waals surface area contributed by atoms with Gasteiger partial charge in [-0.3, -0.25) is 10.1 Å². The molecule has 5 nitrogen and oxygen atoms in total. The number of benzene rings is 2. The molecule has 0 amide bonds. The number of fused-ring (bicyclic) bond motifs is 1. The Morgan fingerprint density at radius 3 is 2.39 bits per heavy atom. The first-order valence-electron chi connectivity index (χ1n) is 6.58. The number of H-pyrrole nitrogens is 1. The van der Waals surface area contributed by atoms with E-state index in [2.05, 4.69) is 9.97 Å². The fourth-order valence-corrected chi connectivity index (χ4v) is 2.25. The Balaban J connectivity index is 2.23. The van der Waals surface area contributed by atoms with Crippen molar-refractivity contribution in [2.24, 2.45) is 0 Å². The van der Waals surface area contributed by atoms with Gasteiger partial charge in [0.25, 0.3) is 5.69 Å². The van der Waals surface area contributed by atoms with Crippen LogP contribution in [0.4, 0.5) is 18.9 Å². The molecule has 0 aliphatic carbocycles. The monoisotopic (exact) mass is 321 g/mol. The third-order valence-corrected chi connectivity index (χ3v) is 3.42. The second-order valence-corrected chi connectivity index (χ2v) is 5.10. The van der Waals surface area contributed by atoms with Crippen LogP contribution in [0.25, 0.3) is 22.4 Å². The number of nitrogens with one attached hydrogen (secondary N) is 1. The summed E-state index contributed by atoms with van der Waals surface area (Å²) in [6.45, 7) is 1.89. The number of imidazole rings is 1. The van der Waals surface area contributed by atoms with Crippen molar-refractivity contribution in [1.82, 2.24) is 9.97 Å². The molecule has 118 valence electrons. The zero-order valence-electron chi connectivity index (χ0n) is 11.8. The highest BCUT2D eigenvalue weighted by Gasteiger charge is 2.34. The van der Waals surface area contributed by atoms with Crippen LogP contribution in [0, 0.1) is 17.0 Å². The minimum atomic E-state index is -4.67. The molecule has 23 heavy (non-hydrogen) atoms. The highest BCUT2D eigenvalue weighted by molar-refractivity contribution is 5.88. The van der Waals surface area contributed by atoms with Crippen LogP contribution >= 0.6 is 0 Å².